The van der Waals surface area contributed by atoms with E-state index < -0.39 is 0 Å². The Kier molecular flexibility index (Phi) is 3.78. The normalized spacial score (nSPS) is 16.1. The molecule has 0 unspecified atom stereocenters. The van der Waals surface area contributed by atoms with Gasteiger partial charge in [-0.2, -0.15) is 5.26 Å². The minimum Gasteiger partial charge on any atom is -0.356 e. The molecule has 0 atom stereocenters. The highest BCUT2D eigenvalue weighted by Crippen LogP contribution is 2.18. The van der Waals surface area contributed by atoms with Gasteiger partial charge in [-0.25, -0.2) is 4.98 Å². The van der Waals surface area contributed by atoms with Gasteiger partial charge in [-0.05, 0) is 25.0 Å². The summed E-state index contributed by atoms with van der Waals surface area (Å²) in [7, 11) is 0. The minimum absolute atomic E-state index is 0.0260. The summed E-state index contributed by atoms with van der Waals surface area (Å²) in [6.07, 6.45) is 3.49. The third-order valence-corrected chi connectivity index (χ3v) is 3.10. The number of hydrogen-bond donors (Lipinski definition) is 1. The molecular formula is C13H16N4O. The Labute approximate surface area is 106 Å². The monoisotopic (exact) mass is 244 g/mol. The zero-order valence-electron chi connectivity index (χ0n) is 10.4. The molecule has 2 rings (SSSR count). The molecule has 5 nitrogen and oxygen atoms in total. The fourth-order valence-corrected chi connectivity index (χ4v) is 2.20. The zero-order chi connectivity index (χ0) is 13.0. The van der Waals surface area contributed by atoms with Crippen LogP contribution in [-0.2, 0) is 4.79 Å². The molecule has 1 aromatic heterocycles. The molecule has 0 radical (unpaired) electrons. The fourth-order valence-electron chi connectivity index (χ4n) is 2.20. The van der Waals surface area contributed by atoms with Crippen molar-refractivity contribution in [1.82, 2.24) is 10.3 Å². The lowest BCUT2D eigenvalue weighted by molar-refractivity contribution is -0.119. The van der Waals surface area contributed by atoms with Gasteiger partial charge in [-0.15, -0.1) is 0 Å². The van der Waals surface area contributed by atoms with Crippen LogP contribution in [0.15, 0.2) is 18.3 Å². The van der Waals surface area contributed by atoms with Gasteiger partial charge in [-0.3, -0.25) is 4.79 Å². The van der Waals surface area contributed by atoms with Crippen molar-refractivity contribution in [1.29, 1.82) is 5.26 Å². The van der Waals surface area contributed by atoms with Gasteiger partial charge in [-0.1, -0.05) is 0 Å². The van der Waals surface area contributed by atoms with Crippen LogP contribution in [-0.4, -0.2) is 30.0 Å². The van der Waals surface area contributed by atoms with Gasteiger partial charge in [0.05, 0.1) is 11.6 Å². The summed E-state index contributed by atoms with van der Waals surface area (Å²) < 4.78 is 0. The van der Waals surface area contributed by atoms with E-state index in [1.54, 1.807) is 25.3 Å². The molecule has 2 heterocycles. The second-order valence-corrected chi connectivity index (χ2v) is 4.48. The summed E-state index contributed by atoms with van der Waals surface area (Å²) in [6, 6.07) is 5.89. The van der Waals surface area contributed by atoms with Crippen molar-refractivity contribution in [3.8, 4) is 6.07 Å². The van der Waals surface area contributed by atoms with Gasteiger partial charge >= 0.3 is 0 Å². The first-order valence-electron chi connectivity index (χ1n) is 6.07. The SMILES string of the molecule is CC(=O)NC1CCN(c2cc(C#N)ccn2)CC1. The van der Waals surface area contributed by atoms with Gasteiger partial charge in [0.1, 0.15) is 5.82 Å². The van der Waals surface area contributed by atoms with Crippen LogP contribution in [0.5, 0.6) is 0 Å². The largest absolute Gasteiger partial charge is 0.356 e. The number of rotatable bonds is 2. The van der Waals surface area contributed by atoms with E-state index in [1.807, 2.05) is 0 Å². The van der Waals surface area contributed by atoms with E-state index in [-0.39, 0.29) is 11.9 Å². The maximum absolute atomic E-state index is 11.0. The van der Waals surface area contributed by atoms with Crippen molar-refractivity contribution in [3.05, 3.63) is 23.9 Å². The molecule has 0 saturated carbocycles. The highest BCUT2D eigenvalue weighted by Gasteiger charge is 2.20. The second kappa shape index (κ2) is 5.50. The quantitative estimate of drug-likeness (QED) is 0.844. The molecule has 1 aliphatic rings. The van der Waals surface area contributed by atoms with Crippen molar-refractivity contribution in [2.24, 2.45) is 0 Å². The average molecular weight is 244 g/mol. The molecule has 1 saturated heterocycles. The molecule has 1 N–H and O–H groups in total. The topological polar surface area (TPSA) is 69.0 Å². The summed E-state index contributed by atoms with van der Waals surface area (Å²) in [5.74, 6) is 0.869. The number of anilines is 1. The molecule has 1 fully saturated rings. The number of nitrogens with zero attached hydrogens (tertiary/aromatic N) is 3. The van der Waals surface area contributed by atoms with Crippen LogP contribution in [0.2, 0.25) is 0 Å². The number of nitriles is 1. The van der Waals surface area contributed by atoms with E-state index in [2.05, 4.69) is 21.3 Å². The van der Waals surface area contributed by atoms with E-state index >= 15 is 0 Å². The maximum Gasteiger partial charge on any atom is 0.217 e. The van der Waals surface area contributed by atoms with Crippen LogP contribution in [0.4, 0.5) is 5.82 Å². The van der Waals surface area contributed by atoms with E-state index in [9.17, 15) is 4.79 Å². The number of amides is 1. The predicted octanol–water partition coefficient (Wildman–Crippen LogP) is 1.06. The van der Waals surface area contributed by atoms with Gasteiger partial charge in [0.25, 0.3) is 0 Å². The van der Waals surface area contributed by atoms with Crippen molar-refractivity contribution in [2.75, 3.05) is 18.0 Å². The first-order valence-corrected chi connectivity index (χ1v) is 6.07. The maximum atomic E-state index is 11.0. The minimum atomic E-state index is 0.0260. The highest BCUT2D eigenvalue weighted by atomic mass is 16.1. The van der Waals surface area contributed by atoms with Crippen LogP contribution in [0, 0.1) is 11.3 Å². The molecule has 5 heteroatoms. The number of pyridine rings is 1. The third-order valence-electron chi connectivity index (χ3n) is 3.10. The Balaban J connectivity index is 1.97. The zero-order valence-corrected chi connectivity index (χ0v) is 10.4. The molecule has 1 aliphatic heterocycles. The molecule has 0 spiro atoms. The van der Waals surface area contributed by atoms with Crippen LogP contribution in [0.25, 0.3) is 0 Å². The molecular weight excluding hydrogens is 228 g/mol. The van der Waals surface area contributed by atoms with E-state index in [0.29, 0.717) is 5.56 Å². The molecule has 94 valence electrons. The first-order chi connectivity index (χ1) is 8.69. The number of aromatic nitrogens is 1. The Bertz CT molecular complexity index is 472. The summed E-state index contributed by atoms with van der Waals surface area (Å²) in [6.45, 7) is 3.25. The Hall–Kier alpha value is -2.09. The summed E-state index contributed by atoms with van der Waals surface area (Å²) in [5.41, 5.74) is 0.629. The lowest BCUT2D eigenvalue weighted by atomic mass is 10.0. The van der Waals surface area contributed by atoms with Crippen molar-refractivity contribution >= 4 is 11.7 Å². The number of hydrogen-bond acceptors (Lipinski definition) is 4. The van der Waals surface area contributed by atoms with Gasteiger partial charge in [0.15, 0.2) is 0 Å². The highest BCUT2D eigenvalue weighted by molar-refractivity contribution is 5.73. The van der Waals surface area contributed by atoms with Gasteiger partial charge in [0, 0.05) is 32.3 Å². The number of nitrogens with one attached hydrogen (secondary N) is 1. The van der Waals surface area contributed by atoms with Crippen LogP contribution in [0.1, 0.15) is 25.3 Å². The number of carbonyl (C=O) groups is 1. The Morgan fingerprint density at radius 3 is 2.89 bits per heavy atom. The van der Waals surface area contributed by atoms with Gasteiger partial charge in [0.2, 0.25) is 5.91 Å². The Morgan fingerprint density at radius 1 is 1.56 bits per heavy atom. The molecule has 0 aliphatic carbocycles. The molecule has 0 aromatic carbocycles. The van der Waals surface area contributed by atoms with Gasteiger partial charge < -0.3 is 10.2 Å². The van der Waals surface area contributed by atoms with Crippen LogP contribution < -0.4 is 10.2 Å². The lowest BCUT2D eigenvalue weighted by Gasteiger charge is -2.33. The first kappa shape index (κ1) is 12.4. The Morgan fingerprint density at radius 2 is 2.28 bits per heavy atom. The van der Waals surface area contributed by atoms with Crippen LogP contribution in [0.3, 0.4) is 0 Å². The van der Waals surface area contributed by atoms with Crippen molar-refractivity contribution in [2.45, 2.75) is 25.8 Å². The summed E-state index contributed by atoms with van der Waals surface area (Å²) in [4.78, 5) is 17.4. The van der Waals surface area contributed by atoms with E-state index in [1.165, 1.54) is 0 Å². The molecule has 1 amide bonds. The molecule has 18 heavy (non-hydrogen) atoms. The van der Waals surface area contributed by atoms with Crippen LogP contribution >= 0.6 is 0 Å². The lowest BCUT2D eigenvalue weighted by Crippen LogP contribution is -2.44. The summed E-state index contributed by atoms with van der Waals surface area (Å²) >= 11 is 0. The standard InChI is InChI=1S/C13H16N4O/c1-10(18)16-12-3-6-17(7-4-12)13-8-11(9-14)2-5-15-13/h2,5,8,12H,3-4,6-7H2,1H3,(H,16,18). The average Bonchev–Trinajstić information content (AvgIpc) is 2.39. The number of piperidine rings is 1. The summed E-state index contributed by atoms with van der Waals surface area (Å²) in [5, 5.41) is 11.8. The second-order valence-electron chi connectivity index (χ2n) is 4.48. The van der Waals surface area contributed by atoms with E-state index in [0.717, 1.165) is 31.7 Å². The van der Waals surface area contributed by atoms with E-state index in [4.69, 9.17) is 5.26 Å². The smallest absolute Gasteiger partial charge is 0.217 e. The molecule has 0 bridgehead atoms. The van der Waals surface area contributed by atoms with Crippen molar-refractivity contribution in [3.63, 3.8) is 0 Å². The molecule has 1 aromatic rings. The fraction of sp³-hybridized carbons (Fsp3) is 0.462. The predicted molar refractivity (Wildman–Crippen MR) is 68.0 cm³/mol. The van der Waals surface area contributed by atoms with Crippen molar-refractivity contribution < 1.29 is 4.79 Å². The number of carbonyl (C=O) groups excluding carboxylic acids is 1. The third kappa shape index (κ3) is 2.98.